The average Bonchev–Trinajstić information content (AvgIpc) is 2.47. The zero-order valence-corrected chi connectivity index (χ0v) is 12.2. The molecule has 0 aliphatic rings. The number of hydrogen-bond acceptors (Lipinski definition) is 5. The lowest BCUT2D eigenvalue weighted by molar-refractivity contribution is 0.150. The highest BCUT2D eigenvalue weighted by Gasteiger charge is 2.16. The van der Waals surface area contributed by atoms with Crippen molar-refractivity contribution in [3.63, 3.8) is 0 Å². The standard InChI is InChI=1S/C16H19NO4/c1-3-20-9-8-12(17)10(2)14-15(18)11-6-4-5-7-13(11)21-16(14)19/h4-7,18H,3,8-9,17H2,1-2H3/b12-10-. The summed E-state index contributed by atoms with van der Waals surface area (Å²) in [6.45, 7) is 4.67. The van der Waals surface area contributed by atoms with Crippen LogP contribution in [0.3, 0.4) is 0 Å². The SMILES string of the molecule is CCOCC/C(N)=C(\C)c1c(O)c2ccccc2oc1=O. The van der Waals surface area contributed by atoms with Crippen molar-refractivity contribution in [3.05, 3.63) is 45.9 Å². The highest BCUT2D eigenvalue weighted by molar-refractivity contribution is 5.88. The van der Waals surface area contributed by atoms with Crippen LogP contribution in [0.1, 0.15) is 25.8 Å². The van der Waals surface area contributed by atoms with Gasteiger partial charge in [-0.15, -0.1) is 0 Å². The molecule has 0 amide bonds. The van der Waals surface area contributed by atoms with E-state index in [1.807, 2.05) is 6.92 Å². The number of allylic oxidation sites excluding steroid dienone is 1. The minimum atomic E-state index is -0.594. The number of aromatic hydroxyl groups is 1. The fourth-order valence-electron chi connectivity index (χ4n) is 2.14. The minimum absolute atomic E-state index is 0.0984. The van der Waals surface area contributed by atoms with Crippen molar-refractivity contribution >= 4 is 16.5 Å². The molecule has 1 aromatic heterocycles. The van der Waals surface area contributed by atoms with Gasteiger partial charge < -0.3 is 20.0 Å². The summed E-state index contributed by atoms with van der Waals surface area (Å²) in [7, 11) is 0. The first-order valence-electron chi connectivity index (χ1n) is 6.84. The summed E-state index contributed by atoms with van der Waals surface area (Å²) in [6.07, 6.45) is 0.491. The van der Waals surface area contributed by atoms with Crippen LogP contribution < -0.4 is 11.4 Å². The topological polar surface area (TPSA) is 85.7 Å². The number of benzene rings is 1. The van der Waals surface area contributed by atoms with Gasteiger partial charge >= 0.3 is 5.63 Å². The molecule has 21 heavy (non-hydrogen) atoms. The van der Waals surface area contributed by atoms with Crippen molar-refractivity contribution in [2.45, 2.75) is 20.3 Å². The summed E-state index contributed by atoms with van der Waals surface area (Å²) in [4.78, 5) is 12.1. The van der Waals surface area contributed by atoms with Gasteiger partial charge in [-0.2, -0.15) is 0 Å². The van der Waals surface area contributed by atoms with Crippen molar-refractivity contribution in [1.29, 1.82) is 0 Å². The van der Waals surface area contributed by atoms with Gasteiger partial charge in [0.2, 0.25) is 0 Å². The summed E-state index contributed by atoms with van der Waals surface area (Å²) in [5.41, 5.74) is 6.87. The molecule has 0 bridgehead atoms. The Hall–Kier alpha value is -2.27. The Labute approximate surface area is 122 Å². The number of para-hydroxylation sites is 1. The lowest BCUT2D eigenvalue weighted by Gasteiger charge is -2.10. The largest absolute Gasteiger partial charge is 0.506 e. The van der Waals surface area contributed by atoms with Crippen LogP contribution in [0, 0.1) is 0 Å². The van der Waals surface area contributed by atoms with E-state index in [0.717, 1.165) is 0 Å². The zero-order chi connectivity index (χ0) is 15.4. The van der Waals surface area contributed by atoms with Crippen molar-refractivity contribution < 1.29 is 14.3 Å². The molecule has 0 saturated carbocycles. The first-order valence-corrected chi connectivity index (χ1v) is 6.84. The fraction of sp³-hybridized carbons (Fsp3) is 0.312. The number of rotatable bonds is 5. The third kappa shape index (κ3) is 3.08. The Bertz CT molecular complexity index is 731. The molecule has 0 atom stereocenters. The molecule has 5 heteroatoms. The number of hydrogen-bond donors (Lipinski definition) is 2. The summed E-state index contributed by atoms with van der Waals surface area (Å²) in [5, 5.41) is 10.8. The number of ether oxygens (including phenoxy) is 1. The quantitative estimate of drug-likeness (QED) is 0.652. The maximum Gasteiger partial charge on any atom is 0.347 e. The van der Waals surface area contributed by atoms with E-state index < -0.39 is 5.63 Å². The highest BCUT2D eigenvalue weighted by atomic mass is 16.5. The van der Waals surface area contributed by atoms with Gasteiger partial charge in [-0.3, -0.25) is 0 Å². The summed E-state index contributed by atoms with van der Waals surface area (Å²) in [5.74, 6) is -0.0984. The fourth-order valence-corrected chi connectivity index (χ4v) is 2.14. The van der Waals surface area contributed by atoms with Gasteiger partial charge in [0.25, 0.3) is 0 Å². The molecule has 2 aromatic rings. The first-order chi connectivity index (χ1) is 10.1. The zero-order valence-electron chi connectivity index (χ0n) is 12.2. The molecular weight excluding hydrogens is 270 g/mol. The molecule has 1 heterocycles. The van der Waals surface area contributed by atoms with Crippen molar-refractivity contribution in [2.75, 3.05) is 13.2 Å². The third-order valence-electron chi connectivity index (χ3n) is 3.36. The Balaban J connectivity index is 2.50. The maximum atomic E-state index is 12.1. The summed E-state index contributed by atoms with van der Waals surface area (Å²) in [6, 6.07) is 6.84. The van der Waals surface area contributed by atoms with Crippen LogP contribution in [0.5, 0.6) is 5.75 Å². The predicted molar refractivity (Wildman–Crippen MR) is 82.0 cm³/mol. The molecular formula is C16H19NO4. The smallest absolute Gasteiger partial charge is 0.347 e. The molecule has 0 radical (unpaired) electrons. The van der Waals surface area contributed by atoms with E-state index in [4.69, 9.17) is 14.9 Å². The van der Waals surface area contributed by atoms with Crippen LogP contribution in [0.25, 0.3) is 16.5 Å². The van der Waals surface area contributed by atoms with Crippen molar-refractivity contribution in [3.8, 4) is 5.75 Å². The molecule has 1 aromatic carbocycles. The predicted octanol–water partition coefficient (Wildman–Crippen LogP) is 2.61. The molecule has 0 spiro atoms. The van der Waals surface area contributed by atoms with Crippen molar-refractivity contribution in [2.24, 2.45) is 5.73 Å². The van der Waals surface area contributed by atoms with E-state index in [9.17, 15) is 9.90 Å². The monoisotopic (exact) mass is 289 g/mol. The third-order valence-corrected chi connectivity index (χ3v) is 3.36. The Morgan fingerprint density at radius 2 is 2.10 bits per heavy atom. The Morgan fingerprint density at radius 3 is 2.81 bits per heavy atom. The molecule has 112 valence electrons. The van der Waals surface area contributed by atoms with Gasteiger partial charge in [0.1, 0.15) is 16.9 Å². The van der Waals surface area contributed by atoms with E-state index in [1.54, 1.807) is 31.2 Å². The first kappa shape index (κ1) is 15.1. The maximum absolute atomic E-state index is 12.1. The van der Waals surface area contributed by atoms with Gasteiger partial charge in [0.05, 0.1) is 12.0 Å². The van der Waals surface area contributed by atoms with E-state index in [-0.39, 0.29) is 11.3 Å². The highest BCUT2D eigenvalue weighted by Crippen LogP contribution is 2.31. The van der Waals surface area contributed by atoms with E-state index in [0.29, 0.717) is 41.9 Å². The van der Waals surface area contributed by atoms with Gasteiger partial charge in [-0.05, 0) is 31.6 Å². The number of fused-ring (bicyclic) bond motifs is 1. The molecule has 2 rings (SSSR count). The molecule has 0 saturated heterocycles. The van der Waals surface area contributed by atoms with E-state index in [1.165, 1.54) is 0 Å². The second kappa shape index (κ2) is 6.45. The molecule has 0 unspecified atom stereocenters. The lowest BCUT2D eigenvalue weighted by atomic mass is 10.0. The minimum Gasteiger partial charge on any atom is -0.506 e. The van der Waals surface area contributed by atoms with Crippen LogP contribution in [0.15, 0.2) is 39.2 Å². The van der Waals surface area contributed by atoms with E-state index >= 15 is 0 Å². The average molecular weight is 289 g/mol. The van der Waals surface area contributed by atoms with Crippen LogP contribution in [-0.2, 0) is 4.74 Å². The van der Waals surface area contributed by atoms with Crippen LogP contribution in [0.2, 0.25) is 0 Å². The van der Waals surface area contributed by atoms with E-state index in [2.05, 4.69) is 0 Å². The molecule has 3 N–H and O–H groups in total. The Kier molecular flexibility index (Phi) is 4.65. The van der Waals surface area contributed by atoms with Gasteiger partial charge in [0.15, 0.2) is 0 Å². The molecule has 0 fully saturated rings. The number of nitrogens with two attached hydrogens (primary N) is 1. The van der Waals surface area contributed by atoms with Gasteiger partial charge in [-0.25, -0.2) is 4.79 Å². The van der Waals surface area contributed by atoms with Crippen LogP contribution in [0.4, 0.5) is 0 Å². The normalized spacial score (nSPS) is 12.5. The van der Waals surface area contributed by atoms with Crippen molar-refractivity contribution in [1.82, 2.24) is 0 Å². The Morgan fingerprint density at radius 1 is 1.38 bits per heavy atom. The van der Waals surface area contributed by atoms with Crippen LogP contribution >= 0.6 is 0 Å². The van der Waals surface area contributed by atoms with Crippen LogP contribution in [-0.4, -0.2) is 18.3 Å². The molecule has 0 aliphatic carbocycles. The van der Waals surface area contributed by atoms with Gasteiger partial charge in [-0.1, -0.05) is 12.1 Å². The second-order valence-corrected chi connectivity index (χ2v) is 4.71. The molecule has 0 aliphatic heterocycles. The summed E-state index contributed by atoms with van der Waals surface area (Å²) < 4.78 is 10.5. The summed E-state index contributed by atoms with van der Waals surface area (Å²) >= 11 is 0. The molecule has 5 nitrogen and oxygen atoms in total. The second-order valence-electron chi connectivity index (χ2n) is 4.71. The lowest BCUT2D eigenvalue weighted by Crippen LogP contribution is -2.11. The van der Waals surface area contributed by atoms with Gasteiger partial charge in [0, 0.05) is 18.7 Å².